The maximum Gasteiger partial charge on any atom is 0.308 e. The van der Waals surface area contributed by atoms with Crippen molar-refractivity contribution in [2.45, 2.75) is 38.8 Å². The third kappa shape index (κ3) is 3.39. The Kier molecular flexibility index (Phi) is 4.78. The third-order valence-corrected chi connectivity index (χ3v) is 4.30. The van der Waals surface area contributed by atoms with E-state index < -0.39 is 0 Å². The number of halogens is 1. The summed E-state index contributed by atoms with van der Waals surface area (Å²) in [4.78, 5) is 11.8. The number of methoxy groups -OCH3 is 1. The van der Waals surface area contributed by atoms with E-state index in [0.29, 0.717) is 37.4 Å². The van der Waals surface area contributed by atoms with Crippen LogP contribution in [0.3, 0.4) is 0 Å². The van der Waals surface area contributed by atoms with Crippen LogP contribution in [0, 0.1) is 11.7 Å². The first-order valence-corrected chi connectivity index (χ1v) is 8.00. The molecule has 0 fully saturated rings. The molecule has 1 aliphatic heterocycles. The summed E-state index contributed by atoms with van der Waals surface area (Å²) in [5, 5.41) is 8.47. The van der Waals surface area contributed by atoms with E-state index in [4.69, 9.17) is 9.47 Å². The van der Waals surface area contributed by atoms with Gasteiger partial charge in [-0.25, -0.2) is 4.39 Å². The van der Waals surface area contributed by atoms with Crippen LogP contribution >= 0.6 is 0 Å². The second-order valence-corrected chi connectivity index (χ2v) is 5.89. The molecule has 7 heteroatoms. The van der Waals surface area contributed by atoms with Crippen LogP contribution in [0.5, 0.6) is 5.75 Å². The van der Waals surface area contributed by atoms with Crippen molar-refractivity contribution >= 4 is 5.97 Å². The van der Waals surface area contributed by atoms with Gasteiger partial charge in [0.05, 0.1) is 13.0 Å². The Morgan fingerprint density at radius 1 is 1.29 bits per heavy atom. The van der Waals surface area contributed by atoms with Crippen LogP contribution in [-0.2, 0) is 22.5 Å². The summed E-state index contributed by atoms with van der Waals surface area (Å²) in [6.45, 7) is 2.53. The van der Waals surface area contributed by atoms with Crippen LogP contribution < -0.4 is 4.74 Å². The van der Waals surface area contributed by atoms with Crippen LogP contribution in [0.1, 0.15) is 37.5 Å². The summed E-state index contributed by atoms with van der Waals surface area (Å²) < 4.78 is 25.7. The Morgan fingerprint density at radius 3 is 2.75 bits per heavy atom. The number of fused-ring (bicyclic) bond motifs is 1. The minimum atomic E-state index is -0.327. The maximum atomic E-state index is 13.0. The number of benzene rings is 1. The van der Waals surface area contributed by atoms with Crippen molar-refractivity contribution in [2.24, 2.45) is 5.92 Å². The Labute approximate surface area is 139 Å². The van der Waals surface area contributed by atoms with Crippen LogP contribution in [0.25, 0.3) is 0 Å². The molecule has 3 rings (SSSR count). The van der Waals surface area contributed by atoms with E-state index >= 15 is 0 Å². The third-order valence-electron chi connectivity index (χ3n) is 4.30. The van der Waals surface area contributed by atoms with Gasteiger partial charge in [-0.3, -0.25) is 4.79 Å². The molecular weight excluding hydrogens is 313 g/mol. The smallest absolute Gasteiger partial charge is 0.308 e. The lowest BCUT2D eigenvalue weighted by atomic mass is 10.0. The van der Waals surface area contributed by atoms with E-state index in [1.807, 2.05) is 11.5 Å². The second-order valence-electron chi connectivity index (χ2n) is 5.89. The highest BCUT2D eigenvalue weighted by atomic mass is 19.1. The highest BCUT2D eigenvalue weighted by molar-refractivity contribution is 5.72. The number of esters is 1. The van der Waals surface area contributed by atoms with E-state index in [1.54, 1.807) is 12.1 Å². The molecule has 2 unspecified atom stereocenters. The van der Waals surface area contributed by atoms with Gasteiger partial charge in [-0.05, 0) is 44.0 Å². The van der Waals surface area contributed by atoms with Crippen LogP contribution in [0.15, 0.2) is 24.3 Å². The fourth-order valence-electron chi connectivity index (χ4n) is 2.98. The molecule has 128 valence electrons. The molecule has 0 amide bonds. The Hall–Kier alpha value is -2.44. The van der Waals surface area contributed by atoms with E-state index in [9.17, 15) is 9.18 Å². The van der Waals surface area contributed by atoms with E-state index in [2.05, 4.69) is 10.2 Å². The predicted molar refractivity (Wildman–Crippen MR) is 83.9 cm³/mol. The van der Waals surface area contributed by atoms with Crippen LogP contribution in [0.2, 0.25) is 0 Å². The largest absolute Gasteiger partial charge is 0.483 e. The molecule has 1 aromatic carbocycles. The molecule has 2 heterocycles. The molecule has 6 nitrogen and oxygen atoms in total. The molecule has 1 aromatic heterocycles. The first-order valence-electron chi connectivity index (χ1n) is 8.00. The Bertz CT molecular complexity index is 714. The summed E-state index contributed by atoms with van der Waals surface area (Å²) >= 11 is 0. The number of aromatic nitrogens is 3. The first-order chi connectivity index (χ1) is 11.6. The predicted octanol–water partition coefficient (Wildman–Crippen LogP) is 2.68. The van der Waals surface area contributed by atoms with E-state index in [-0.39, 0.29) is 23.8 Å². The van der Waals surface area contributed by atoms with E-state index in [1.165, 1.54) is 19.2 Å². The average Bonchev–Trinajstić information content (AvgIpc) is 2.88. The van der Waals surface area contributed by atoms with Gasteiger partial charge in [0.25, 0.3) is 0 Å². The number of hydrogen-bond acceptors (Lipinski definition) is 5. The monoisotopic (exact) mass is 333 g/mol. The SMILES string of the molecule is COC(=O)C1CCc2nnc(C(C)Oc3ccc(F)cc3)n2CC1. The molecule has 2 aromatic rings. The second kappa shape index (κ2) is 6.98. The highest BCUT2D eigenvalue weighted by Crippen LogP contribution is 2.26. The van der Waals surface area contributed by atoms with Crippen molar-refractivity contribution in [2.75, 3.05) is 7.11 Å². The number of nitrogens with zero attached hydrogens (tertiary/aromatic N) is 3. The molecule has 1 aliphatic rings. The topological polar surface area (TPSA) is 66.2 Å². The fourth-order valence-corrected chi connectivity index (χ4v) is 2.98. The summed E-state index contributed by atoms with van der Waals surface area (Å²) in [5.41, 5.74) is 0. The van der Waals surface area contributed by atoms with Gasteiger partial charge in [0.15, 0.2) is 11.9 Å². The minimum Gasteiger partial charge on any atom is -0.483 e. The highest BCUT2D eigenvalue weighted by Gasteiger charge is 2.27. The van der Waals surface area contributed by atoms with Crippen LogP contribution in [-0.4, -0.2) is 27.8 Å². The van der Waals surface area contributed by atoms with Gasteiger partial charge in [-0.15, -0.1) is 10.2 Å². The van der Waals surface area contributed by atoms with Crippen molar-refractivity contribution in [3.8, 4) is 5.75 Å². The van der Waals surface area contributed by atoms with Crippen molar-refractivity contribution in [3.05, 3.63) is 41.7 Å². The molecule has 0 bridgehead atoms. The molecule has 0 radical (unpaired) electrons. The molecular formula is C17H20FN3O3. The molecule has 0 saturated heterocycles. The minimum absolute atomic E-state index is 0.113. The molecule has 2 atom stereocenters. The summed E-state index contributed by atoms with van der Waals surface area (Å²) in [7, 11) is 1.41. The number of rotatable bonds is 4. The summed E-state index contributed by atoms with van der Waals surface area (Å²) in [6, 6.07) is 5.87. The maximum absolute atomic E-state index is 13.0. The number of hydrogen-bond donors (Lipinski definition) is 0. The summed E-state index contributed by atoms with van der Waals surface area (Å²) in [5.74, 6) is 1.54. The number of ether oxygens (including phenoxy) is 2. The molecule has 0 N–H and O–H groups in total. The Morgan fingerprint density at radius 2 is 2.04 bits per heavy atom. The standard InChI is InChI=1S/C17H20FN3O3/c1-11(24-14-6-4-13(18)5-7-14)16-20-19-15-8-3-12(17(22)23-2)9-10-21(15)16/h4-7,11-12H,3,8-10H2,1-2H3. The van der Waals surface area contributed by atoms with Gasteiger partial charge >= 0.3 is 5.97 Å². The van der Waals surface area contributed by atoms with Crippen molar-refractivity contribution in [1.82, 2.24) is 14.8 Å². The van der Waals surface area contributed by atoms with Gasteiger partial charge in [0, 0.05) is 13.0 Å². The molecule has 0 spiro atoms. The lowest BCUT2D eigenvalue weighted by molar-refractivity contribution is -0.145. The molecule has 0 saturated carbocycles. The average molecular weight is 333 g/mol. The van der Waals surface area contributed by atoms with Crippen LogP contribution in [0.4, 0.5) is 4.39 Å². The summed E-state index contributed by atoms with van der Waals surface area (Å²) in [6.07, 6.45) is 1.74. The Balaban J connectivity index is 1.73. The van der Waals surface area contributed by atoms with Gasteiger partial charge in [-0.2, -0.15) is 0 Å². The van der Waals surface area contributed by atoms with E-state index in [0.717, 1.165) is 5.82 Å². The van der Waals surface area contributed by atoms with Crippen molar-refractivity contribution < 1.29 is 18.7 Å². The first kappa shape index (κ1) is 16.4. The zero-order valence-corrected chi connectivity index (χ0v) is 13.7. The fraction of sp³-hybridized carbons (Fsp3) is 0.471. The lowest BCUT2D eigenvalue weighted by Crippen LogP contribution is -2.18. The number of carbonyl (C=O) groups excluding carboxylic acids is 1. The zero-order chi connectivity index (χ0) is 17.1. The van der Waals surface area contributed by atoms with Crippen molar-refractivity contribution in [1.29, 1.82) is 0 Å². The number of aryl methyl sites for hydroxylation is 1. The van der Waals surface area contributed by atoms with Gasteiger partial charge in [-0.1, -0.05) is 0 Å². The van der Waals surface area contributed by atoms with Crippen molar-refractivity contribution in [3.63, 3.8) is 0 Å². The van der Waals surface area contributed by atoms with Gasteiger partial charge in [0.1, 0.15) is 17.4 Å². The quantitative estimate of drug-likeness (QED) is 0.805. The lowest BCUT2D eigenvalue weighted by Gasteiger charge is -2.16. The molecule has 0 aliphatic carbocycles. The number of carbonyl (C=O) groups is 1. The zero-order valence-electron chi connectivity index (χ0n) is 13.7. The van der Waals surface area contributed by atoms with Gasteiger partial charge < -0.3 is 14.0 Å². The van der Waals surface area contributed by atoms with Gasteiger partial charge in [0.2, 0.25) is 0 Å². The normalized spacial score (nSPS) is 18.4. The molecule has 24 heavy (non-hydrogen) atoms.